The van der Waals surface area contributed by atoms with Gasteiger partial charge in [-0.2, -0.15) is 13.2 Å². The Morgan fingerprint density at radius 2 is 1.44 bits per heavy atom. The van der Waals surface area contributed by atoms with Crippen LogP contribution in [0.5, 0.6) is 0 Å². The molecule has 0 saturated carbocycles. The van der Waals surface area contributed by atoms with E-state index in [1.54, 1.807) is 6.07 Å². The summed E-state index contributed by atoms with van der Waals surface area (Å²) in [5, 5.41) is 0. The molecule has 0 unspecified atom stereocenters. The third kappa shape index (κ3) is 2.93. The van der Waals surface area contributed by atoms with E-state index in [1.165, 1.54) is 12.1 Å². The number of benzene rings is 2. The fourth-order valence-electron chi connectivity index (χ4n) is 1.69. The lowest BCUT2D eigenvalue weighted by Gasteiger charge is -2.13. The molecule has 0 aromatic heterocycles. The lowest BCUT2D eigenvalue weighted by atomic mass is 10.0. The molecule has 0 aliphatic carbocycles. The zero-order chi connectivity index (χ0) is 13.2. The van der Waals surface area contributed by atoms with Gasteiger partial charge in [0.05, 0.1) is 10.4 Å². The van der Waals surface area contributed by atoms with Crippen LogP contribution in [-0.4, -0.2) is 0 Å². The van der Waals surface area contributed by atoms with Gasteiger partial charge in [0.15, 0.2) is 0 Å². The Bertz CT molecular complexity index is 520. The molecule has 0 heterocycles. The van der Waals surface area contributed by atoms with E-state index in [0.29, 0.717) is 5.56 Å². The van der Waals surface area contributed by atoms with Gasteiger partial charge in [0, 0.05) is 0 Å². The largest absolute Gasteiger partial charge is 0.416 e. The van der Waals surface area contributed by atoms with Gasteiger partial charge in [-0.1, -0.05) is 64.5 Å². The van der Waals surface area contributed by atoms with E-state index < -0.39 is 11.7 Å². The van der Waals surface area contributed by atoms with Crippen molar-refractivity contribution >= 4 is 15.9 Å². The Labute approximate surface area is 112 Å². The molecule has 0 aliphatic heterocycles. The van der Waals surface area contributed by atoms with Crippen LogP contribution in [0.3, 0.4) is 0 Å². The molecule has 2 aromatic carbocycles. The Morgan fingerprint density at radius 1 is 0.833 bits per heavy atom. The van der Waals surface area contributed by atoms with Gasteiger partial charge in [-0.15, -0.1) is 0 Å². The van der Waals surface area contributed by atoms with Crippen LogP contribution in [0.15, 0.2) is 54.6 Å². The molecule has 0 amide bonds. The highest BCUT2D eigenvalue weighted by atomic mass is 79.9. The molecule has 94 valence electrons. The van der Waals surface area contributed by atoms with Crippen molar-refractivity contribution in [3.63, 3.8) is 0 Å². The summed E-state index contributed by atoms with van der Waals surface area (Å²) in [6.45, 7) is 0. The first-order chi connectivity index (χ1) is 8.48. The van der Waals surface area contributed by atoms with Gasteiger partial charge < -0.3 is 0 Å². The average molecular weight is 315 g/mol. The average Bonchev–Trinajstić information content (AvgIpc) is 2.38. The van der Waals surface area contributed by atoms with Gasteiger partial charge in [0.1, 0.15) is 0 Å². The van der Waals surface area contributed by atoms with Crippen LogP contribution in [0.4, 0.5) is 13.2 Å². The second-order valence-corrected chi connectivity index (χ2v) is 4.81. The molecule has 0 aliphatic rings. The minimum atomic E-state index is -4.31. The number of halogens is 4. The summed E-state index contributed by atoms with van der Waals surface area (Å²) in [7, 11) is 0. The van der Waals surface area contributed by atoms with Gasteiger partial charge in [0.25, 0.3) is 0 Å². The minimum absolute atomic E-state index is 0.235. The van der Waals surface area contributed by atoms with Crippen LogP contribution in [0.25, 0.3) is 0 Å². The predicted molar refractivity (Wildman–Crippen MR) is 68.7 cm³/mol. The van der Waals surface area contributed by atoms with E-state index in [9.17, 15) is 13.2 Å². The number of hydrogen-bond donors (Lipinski definition) is 0. The van der Waals surface area contributed by atoms with Gasteiger partial charge in [-0.3, -0.25) is 0 Å². The van der Waals surface area contributed by atoms with Gasteiger partial charge in [-0.25, -0.2) is 0 Å². The Kier molecular flexibility index (Phi) is 3.76. The highest BCUT2D eigenvalue weighted by Gasteiger charge is 2.30. The first kappa shape index (κ1) is 13.1. The first-order valence-corrected chi connectivity index (χ1v) is 6.26. The van der Waals surface area contributed by atoms with Crippen molar-refractivity contribution in [1.82, 2.24) is 0 Å². The highest BCUT2D eigenvalue weighted by molar-refractivity contribution is 9.09. The second kappa shape index (κ2) is 5.14. The summed E-state index contributed by atoms with van der Waals surface area (Å²) in [5.74, 6) is 0. The van der Waals surface area contributed by atoms with Crippen LogP contribution < -0.4 is 0 Å². The highest BCUT2D eigenvalue weighted by Crippen LogP contribution is 2.35. The summed E-state index contributed by atoms with van der Waals surface area (Å²) < 4.78 is 37.9. The van der Waals surface area contributed by atoms with Crippen molar-refractivity contribution in [2.45, 2.75) is 11.0 Å². The zero-order valence-electron chi connectivity index (χ0n) is 9.29. The maximum atomic E-state index is 12.6. The number of hydrogen-bond acceptors (Lipinski definition) is 0. The molecular formula is C14H10BrF3. The lowest BCUT2D eigenvalue weighted by Crippen LogP contribution is -2.05. The van der Waals surface area contributed by atoms with Gasteiger partial charge in [-0.05, 0) is 17.2 Å². The van der Waals surface area contributed by atoms with Crippen LogP contribution in [0.1, 0.15) is 21.5 Å². The molecule has 0 bridgehead atoms. The van der Waals surface area contributed by atoms with E-state index >= 15 is 0 Å². The van der Waals surface area contributed by atoms with E-state index in [2.05, 4.69) is 15.9 Å². The fraction of sp³-hybridized carbons (Fsp3) is 0.143. The summed E-state index contributed by atoms with van der Waals surface area (Å²) in [6.07, 6.45) is -4.31. The van der Waals surface area contributed by atoms with Crippen LogP contribution in [0.2, 0.25) is 0 Å². The van der Waals surface area contributed by atoms with Crippen molar-refractivity contribution < 1.29 is 13.2 Å². The maximum Gasteiger partial charge on any atom is 0.416 e. The number of alkyl halides is 4. The summed E-state index contributed by atoms with van der Waals surface area (Å²) in [5.41, 5.74) is 0.897. The van der Waals surface area contributed by atoms with Crippen molar-refractivity contribution in [3.8, 4) is 0 Å². The summed E-state index contributed by atoms with van der Waals surface area (Å²) in [6, 6.07) is 14.7. The summed E-state index contributed by atoms with van der Waals surface area (Å²) >= 11 is 3.43. The fourth-order valence-corrected chi connectivity index (χ4v) is 2.28. The molecule has 0 nitrogen and oxygen atoms in total. The first-order valence-electron chi connectivity index (χ1n) is 5.34. The van der Waals surface area contributed by atoms with E-state index in [-0.39, 0.29) is 4.83 Å². The summed E-state index contributed by atoms with van der Waals surface area (Å²) in [4.78, 5) is -0.235. The molecule has 2 aromatic rings. The molecule has 4 heteroatoms. The molecule has 0 radical (unpaired) electrons. The van der Waals surface area contributed by atoms with Crippen LogP contribution >= 0.6 is 15.9 Å². The van der Waals surface area contributed by atoms with Crippen molar-refractivity contribution in [1.29, 1.82) is 0 Å². The molecular weight excluding hydrogens is 305 g/mol. The van der Waals surface area contributed by atoms with E-state index in [1.807, 2.05) is 30.3 Å². The molecule has 0 fully saturated rings. The van der Waals surface area contributed by atoms with Crippen molar-refractivity contribution in [2.24, 2.45) is 0 Å². The molecule has 18 heavy (non-hydrogen) atoms. The Morgan fingerprint density at radius 3 is 2.06 bits per heavy atom. The van der Waals surface area contributed by atoms with Gasteiger partial charge in [0.2, 0.25) is 0 Å². The number of rotatable bonds is 2. The standard InChI is InChI=1S/C14H10BrF3/c15-13(10-5-2-1-3-6-10)11-7-4-8-12(9-11)14(16,17)18/h1-9,13H/t13-/m1/s1. The third-order valence-electron chi connectivity index (χ3n) is 2.60. The van der Waals surface area contributed by atoms with Gasteiger partial charge >= 0.3 is 6.18 Å². The quantitative estimate of drug-likeness (QED) is 0.669. The van der Waals surface area contributed by atoms with E-state index in [4.69, 9.17) is 0 Å². The monoisotopic (exact) mass is 314 g/mol. The molecule has 0 N–H and O–H groups in total. The maximum absolute atomic E-state index is 12.6. The zero-order valence-corrected chi connectivity index (χ0v) is 10.9. The Hall–Kier alpha value is -1.29. The molecule has 2 rings (SSSR count). The normalized spacial score (nSPS) is 13.3. The minimum Gasteiger partial charge on any atom is -0.166 e. The van der Waals surface area contributed by atoms with Crippen LogP contribution in [-0.2, 0) is 6.18 Å². The molecule has 0 spiro atoms. The van der Waals surface area contributed by atoms with Crippen molar-refractivity contribution in [2.75, 3.05) is 0 Å². The predicted octanol–water partition coefficient (Wildman–Crippen LogP) is 5.19. The molecule has 0 saturated heterocycles. The Balaban J connectivity index is 2.35. The smallest absolute Gasteiger partial charge is 0.166 e. The molecule has 1 atom stereocenters. The van der Waals surface area contributed by atoms with E-state index in [0.717, 1.165) is 11.6 Å². The van der Waals surface area contributed by atoms with Crippen molar-refractivity contribution in [3.05, 3.63) is 71.3 Å². The lowest BCUT2D eigenvalue weighted by molar-refractivity contribution is -0.137. The second-order valence-electron chi connectivity index (χ2n) is 3.90. The third-order valence-corrected chi connectivity index (χ3v) is 3.66. The topological polar surface area (TPSA) is 0 Å². The SMILES string of the molecule is FC(F)(F)c1cccc([C@H](Br)c2ccccc2)c1. The van der Waals surface area contributed by atoms with Crippen LogP contribution in [0, 0.1) is 0 Å².